The van der Waals surface area contributed by atoms with Gasteiger partial charge in [0, 0.05) is 6.54 Å². The highest BCUT2D eigenvalue weighted by molar-refractivity contribution is 7.89. The summed E-state index contributed by atoms with van der Waals surface area (Å²) in [7, 11) is -2.49. The fraction of sp³-hybridized carbons (Fsp3) is 0.250. The molecule has 0 aliphatic rings. The summed E-state index contributed by atoms with van der Waals surface area (Å²) in [6, 6.07) is 7.39. The van der Waals surface area contributed by atoms with Crippen molar-refractivity contribution in [2.75, 3.05) is 13.7 Å². The summed E-state index contributed by atoms with van der Waals surface area (Å²) in [6.07, 6.45) is 0. The molecule has 0 fully saturated rings. The fourth-order valence-electron chi connectivity index (χ4n) is 2.00. The van der Waals surface area contributed by atoms with Gasteiger partial charge in [-0.25, -0.2) is 21.9 Å². The van der Waals surface area contributed by atoms with Gasteiger partial charge in [0.1, 0.15) is 0 Å². The smallest absolute Gasteiger partial charge is 0.240 e. The van der Waals surface area contributed by atoms with E-state index in [9.17, 15) is 17.2 Å². The minimum atomic E-state index is -3.97. The third-order valence-electron chi connectivity index (χ3n) is 3.20. The van der Waals surface area contributed by atoms with Gasteiger partial charge in [-0.2, -0.15) is 0 Å². The summed E-state index contributed by atoms with van der Waals surface area (Å²) in [6.45, 7) is 2.27. The number of hydrogen-bond acceptors (Lipinski definition) is 4. The van der Waals surface area contributed by atoms with Gasteiger partial charge in [-0.1, -0.05) is 6.07 Å². The van der Waals surface area contributed by atoms with E-state index in [0.717, 1.165) is 12.1 Å². The number of rotatable bonds is 7. The van der Waals surface area contributed by atoms with E-state index >= 15 is 0 Å². The molecule has 1 N–H and O–H groups in total. The normalized spacial score (nSPS) is 11.3. The lowest BCUT2D eigenvalue weighted by molar-refractivity contribution is 0.310. The van der Waals surface area contributed by atoms with Gasteiger partial charge in [-0.05, 0) is 42.8 Å². The third-order valence-corrected chi connectivity index (χ3v) is 4.59. The van der Waals surface area contributed by atoms with E-state index in [1.807, 2.05) is 6.92 Å². The summed E-state index contributed by atoms with van der Waals surface area (Å²) in [4.78, 5) is -0.348. The Morgan fingerprint density at radius 3 is 2.42 bits per heavy atom. The van der Waals surface area contributed by atoms with Crippen LogP contribution in [-0.2, 0) is 16.6 Å². The Hall–Kier alpha value is -2.19. The summed E-state index contributed by atoms with van der Waals surface area (Å²) in [5.41, 5.74) is 0.626. The molecule has 0 saturated heterocycles. The van der Waals surface area contributed by atoms with Gasteiger partial charge in [0.15, 0.2) is 23.1 Å². The molecular weight excluding hydrogens is 340 g/mol. The van der Waals surface area contributed by atoms with Gasteiger partial charge < -0.3 is 9.47 Å². The molecule has 2 aromatic rings. The number of methoxy groups -OCH3 is 1. The molecule has 0 radical (unpaired) electrons. The molecule has 0 heterocycles. The second kappa shape index (κ2) is 7.59. The number of benzene rings is 2. The number of hydrogen-bond donors (Lipinski definition) is 1. The van der Waals surface area contributed by atoms with Crippen LogP contribution < -0.4 is 14.2 Å². The van der Waals surface area contributed by atoms with Gasteiger partial charge >= 0.3 is 0 Å². The second-order valence-electron chi connectivity index (χ2n) is 4.82. The van der Waals surface area contributed by atoms with Crippen LogP contribution in [0.25, 0.3) is 0 Å². The molecule has 0 aliphatic heterocycles. The van der Waals surface area contributed by atoms with E-state index in [1.54, 1.807) is 18.2 Å². The zero-order chi connectivity index (χ0) is 17.7. The van der Waals surface area contributed by atoms with Crippen LogP contribution in [0.1, 0.15) is 12.5 Å². The average Bonchev–Trinajstić information content (AvgIpc) is 2.56. The van der Waals surface area contributed by atoms with Crippen LogP contribution in [0.2, 0.25) is 0 Å². The number of sulfonamides is 1. The maximum atomic E-state index is 13.2. The van der Waals surface area contributed by atoms with E-state index in [1.165, 1.54) is 7.11 Å². The maximum Gasteiger partial charge on any atom is 0.240 e. The molecule has 0 amide bonds. The maximum absolute atomic E-state index is 13.2. The predicted octanol–water partition coefficient (Wildman–Crippen LogP) is 2.85. The van der Waals surface area contributed by atoms with Crippen molar-refractivity contribution in [1.82, 2.24) is 4.72 Å². The molecule has 130 valence electrons. The summed E-state index contributed by atoms with van der Waals surface area (Å²) in [5.74, 6) is -1.31. The van der Waals surface area contributed by atoms with Gasteiger partial charge in [-0.3, -0.25) is 0 Å². The second-order valence-corrected chi connectivity index (χ2v) is 6.59. The minimum absolute atomic E-state index is 0.0376. The Balaban J connectivity index is 2.15. The van der Waals surface area contributed by atoms with Gasteiger partial charge in [0.2, 0.25) is 10.0 Å². The molecule has 0 bridgehead atoms. The van der Waals surface area contributed by atoms with Gasteiger partial charge in [-0.15, -0.1) is 0 Å². The van der Waals surface area contributed by atoms with Crippen molar-refractivity contribution in [3.8, 4) is 11.5 Å². The zero-order valence-electron chi connectivity index (χ0n) is 13.2. The fourth-order valence-corrected chi connectivity index (χ4v) is 3.03. The van der Waals surface area contributed by atoms with Crippen molar-refractivity contribution in [2.45, 2.75) is 18.4 Å². The molecule has 0 aromatic heterocycles. The first-order chi connectivity index (χ1) is 11.4. The Morgan fingerprint density at radius 2 is 1.79 bits per heavy atom. The lowest BCUT2D eigenvalue weighted by Gasteiger charge is -2.12. The Bertz CT molecular complexity index is 825. The molecule has 24 heavy (non-hydrogen) atoms. The summed E-state index contributed by atoms with van der Waals surface area (Å²) >= 11 is 0. The molecule has 0 atom stereocenters. The molecule has 8 heteroatoms. The van der Waals surface area contributed by atoms with Crippen molar-refractivity contribution in [3.05, 3.63) is 53.6 Å². The molecule has 5 nitrogen and oxygen atoms in total. The summed E-state index contributed by atoms with van der Waals surface area (Å²) in [5, 5.41) is 0. The van der Waals surface area contributed by atoms with Gasteiger partial charge in [0.25, 0.3) is 0 Å². The Kier molecular flexibility index (Phi) is 5.74. The zero-order valence-corrected chi connectivity index (χ0v) is 14.0. The Morgan fingerprint density at radius 1 is 1.04 bits per heavy atom. The topological polar surface area (TPSA) is 64.6 Å². The quantitative estimate of drug-likeness (QED) is 0.828. The molecule has 0 unspecified atom stereocenters. The highest BCUT2D eigenvalue weighted by Crippen LogP contribution is 2.28. The van der Waals surface area contributed by atoms with Crippen molar-refractivity contribution in [2.24, 2.45) is 0 Å². The van der Waals surface area contributed by atoms with E-state index in [4.69, 9.17) is 9.47 Å². The SMILES string of the molecule is CCOc1ccc(CNS(=O)(=O)c2ccc(F)c(F)c2)cc1OC. The molecule has 0 spiro atoms. The first-order valence-electron chi connectivity index (χ1n) is 7.11. The molecule has 0 aliphatic carbocycles. The minimum Gasteiger partial charge on any atom is -0.493 e. The van der Waals surface area contributed by atoms with E-state index in [0.29, 0.717) is 29.7 Å². The van der Waals surface area contributed by atoms with Crippen LogP contribution in [0.5, 0.6) is 11.5 Å². The monoisotopic (exact) mass is 357 g/mol. The lowest BCUT2D eigenvalue weighted by atomic mass is 10.2. The average molecular weight is 357 g/mol. The number of halogens is 2. The standard InChI is InChI=1S/C16H17F2NO4S/c1-3-23-15-7-4-11(8-16(15)22-2)10-19-24(20,21)12-5-6-13(17)14(18)9-12/h4-9,19H,3,10H2,1-2H3. The first kappa shape index (κ1) is 18.2. The molecule has 2 rings (SSSR count). The van der Waals surface area contributed by atoms with E-state index < -0.39 is 21.7 Å². The lowest BCUT2D eigenvalue weighted by Crippen LogP contribution is -2.23. The predicted molar refractivity (Wildman–Crippen MR) is 84.5 cm³/mol. The summed E-state index contributed by atoms with van der Waals surface area (Å²) < 4.78 is 63.3. The highest BCUT2D eigenvalue weighted by Gasteiger charge is 2.16. The number of nitrogens with one attached hydrogen (secondary N) is 1. The van der Waals surface area contributed by atoms with E-state index in [-0.39, 0.29) is 11.4 Å². The van der Waals surface area contributed by atoms with Crippen molar-refractivity contribution < 1.29 is 26.7 Å². The van der Waals surface area contributed by atoms with Gasteiger partial charge in [0.05, 0.1) is 18.6 Å². The largest absolute Gasteiger partial charge is 0.493 e. The van der Waals surface area contributed by atoms with Crippen LogP contribution >= 0.6 is 0 Å². The van der Waals surface area contributed by atoms with Crippen LogP contribution in [0.15, 0.2) is 41.3 Å². The van der Waals surface area contributed by atoms with Crippen LogP contribution in [0.3, 0.4) is 0 Å². The molecular formula is C16H17F2NO4S. The van der Waals surface area contributed by atoms with Crippen molar-refractivity contribution in [3.63, 3.8) is 0 Å². The first-order valence-corrected chi connectivity index (χ1v) is 8.60. The van der Waals surface area contributed by atoms with Crippen LogP contribution in [-0.4, -0.2) is 22.1 Å². The molecule has 0 saturated carbocycles. The third kappa shape index (κ3) is 4.21. The highest BCUT2D eigenvalue weighted by atomic mass is 32.2. The van der Waals surface area contributed by atoms with Crippen LogP contribution in [0, 0.1) is 11.6 Å². The van der Waals surface area contributed by atoms with Crippen molar-refractivity contribution in [1.29, 1.82) is 0 Å². The van der Waals surface area contributed by atoms with Crippen LogP contribution in [0.4, 0.5) is 8.78 Å². The Labute approximate surface area is 139 Å². The van der Waals surface area contributed by atoms with E-state index in [2.05, 4.69) is 4.72 Å². The van der Waals surface area contributed by atoms with Crippen molar-refractivity contribution >= 4 is 10.0 Å². The molecule has 2 aromatic carbocycles. The number of ether oxygens (including phenoxy) is 2.